The largest absolute Gasteiger partial charge is 0.318 e. The Labute approximate surface area is 120 Å². The molecule has 0 spiro atoms. The summed E-state index contributed by atoms with van der Waals surface area (Å²) in [5.41, 5.74) is 0. The summed E-state index contributed by atoms with van der Waals surface area (Å²) in [7, 11) is 2.05. The minimum atomic E-state index is 0.730. The summed E-state index contributed by atoms with van der Waals surface area (Å²) in [6.45, 7) is 14.4. The van der Waals surface area contributed by atoms with Crippen molar-refractivity contribution < 1.29 is 0 Å². The van der Waals surface area contributed by atoms with Crippen LogP contribution in [0.15, 0.2) is 0 Å². The van der Waals surface area contributed by atoms with Crippen LogP contribution < -0.4 is 5.32 Å². The lowest BCUT2D eigenvalue weighted by Crippen LogP contribution is -2.39. The standard InChI is InChI=1S/C16H35N3/c1-5-10-18(14-9-17-4)11-6-16-7-12-19(13-8-16)15(2)3/h15-17H,5-14H2,1-4H3. The Kier molecular flexibility index (Phi) is 8.67. The fourth-order valence-electron chi connectivity index (χ4n) is 3.04. The first-order valence-electron chi connectivity index (χ1n) is 8.28. The van der Waals surface area contributed by atoms with Crippen molar-refractivity contribution in [2.45, 2.75) is 52.5 Å². The van der Waals surface area contributed by atoms with Crippen molar-refractivity contribution >= 4 is 0 Å². The van der Waals surface area contributed by atoms with Crippen LogP contribution in [0.2, 0.25) is 0 Å². The highest BCUT2D eigenvalue weighted by Crippen LogP contribution is 2.22. The fraction of sp³-hybridized carbons (Fsp3) is 1.00. The van der Waals surface area contributed by atoms with Crippen LogP contribution in [0.3, 0.4) is 0 Å². The first-order valence-corrected chi connectivity index (χ1v) is 8.28. The number of piperidine rings is 1. The van der Waals surface area contributed by atoms with E-state index in [0.717, 1.165) is 18.5 Å². The van der Waals surface area contributed by atoms with Crippen LogP contribution in [-0.2, 0) is 0 Å². The summed E-state index contributed by atoms with van der Waals surface area (Å²) in [5, 5.41) is 3.26. The quantitative estimate of drug-likeness (QED) is 0.693. The lowest BCUT2D eigenvalue weighted by Gasteiger charge is -2.35. The zero-order valence-electron chi connectivity index (χ0n) is 13.6. The van der Waals surface area contributed by atoms with Crippen LogP contribution in [0, 0.1) is 5.92 Å². The van der Waals surface area contributed by atoms with Crippen molar-refractivity contribution in [3.63, 3.8) is 0 Å². The van der Waals surface area contributed by atoms with Gasteiger partial charge in [-0.2, -0.15) is 0 Å². The molecule has 3 heteroatoms. The first kappa shape index (κ1) is 16.9. The smallest absolute Gasteiger partial charge is 0.0107 e. The van der Waals surface area contributed by atoms with Gasteiger partial charge in [0.05, 0.1) is 0 Å². The van der Waals surface area contributed by atoms with Gasteiger partial charge in [-0.1, -0.05) is 6.92 Å². The van der Waals surface area contributed by atoms with Gasteiger partial charge < -0.3 is 15.1 Å². The molecule has 1 fully saturated rings. The molecule has 1 rings (SSSR count). The van der Waals surface area contributed by atoms with Gasteiger partial charge in [0.15, 0.2) is 0 Å². The molecular weight excluding hydrogens is 234 g/mol. The lowest BCUT2D eigenvalue weighted by molar-refractivity contribution is 0.136. The van der Waals surface area contributed by atoms with E-state index in [2.05, 4.69) is 35.9 Å². The fourth-order valence-corrected chi connectivity index (χ4v) is 3.04. The molecule has 0 aromatic rings. The lowest BCUT2D eigenvalue weighted by atomic mass is 9.92. The van der Waals surface area contributed by atoms with Crippen molar-refractivity contribution in [3.8, 4) is 0 Å². The third kappa shape index (κ3) is 6.73. The maximum atomic E-state index is 3.26. The molecule has 19 heavy (non-hydrogen) atoms. The Morgan fingerprint density at radius 2 is 1.84 bits per heavy atom. The molecule has 0 unspecified atom stereocenters. The van der Waals surface area contributed by atoms with Crippen LogP contribution >= 0.6 is 0 Å². The molecule has 0 aromatic heterocycles. The van der Waals surface area contributed by atoms with Gasteiger partial charge >= 0.3 is 0 Å². The number of hydrogen-bond donors (Lipinski definition) is 1. The predicted octanol–water partition coefficient (Wildman–Crippen LogP) is 2.43. The van der Waals surface area contributed by atoms with E-state index >= 15 is 0 Å². The van der Waals surface area contributed by atoms with Crippen LogP contribution in [-0.4, -0.2) is 62.2 Å². The van der Waals surface area contributed by atoms with Crippen LogP contribution in [0.5, 0.6) is 0 Å². The molecule has 1 saturated heterocycles. The predicted molar refractivity (Wildman–Crippen MR) is 84.7 cm³/mol. The Morgan fingerprint density at radius 1 is 1.16 bits per heavy atom. The summed E-state index contributed by atoms with van der Waals surface area (Å²) in [6.07, 6.45) is 5.49. The van der Waals surface area contributed by atoms with Gasteiger partial charge in [-0.3, -0.25) is 0 Å². The molecule has 1 aliphatic rings. The average Bonchev–Trinajstić information content (AvgIpc) is 2.42. The van der Waals surface area contributed by atoms with Crippen LogP contribution in [0.4, 0.5) is 0 Å². The van der Waals surface area contributed by atoms with Gasteiger partial charge in [0.2, 0.25) is 0 Å². The summed E-state index contributed by atoms with van der Waals surface area (Å²) < 4.78 is 0. The second-order valence-electron chi connectivity index (χ2n) is 6.31. The molecule has 0 atom stereocenters. The summed E-state index contributed by atoms with van der Waals surface area (Å²) in [5.74, 6) is 0.962. The zero-order valence-corrected chi connectivity index (χ0v) is 13.6. The Bertz CT molecular complexity index is 210. The molecule has 0 saturated carbocycles. The number of likely N-dealkylation sites (N-methyl/N-ethyl adjacent to an activating group) is 1. The Morgan fingerprint density at radius 3 is 2.37 bits per heavy atom. The van der Waals surface area contributed by atoms with Crippen molar-refractivity contribution in [1.29, 1.82) is 0 Å². The van der Waals surface area contributed by atoms with E-state index in [1.54, 1.807) is 0 Å². The first-order chi connectivity index (χ1) is 9.17. The highest BCUT2D eigenvalue weighted by atomic mass is 15.2. The molecule has 114 valence electrons. The SMILES string of the molecule is CCCN(CCNC)CCC1CCN(C(C)C)CC1. The average molecular weight is 269 g/mol. The third-order valence-corrected chi connectivity index (χ3v) is 4.45. The molecule has 0 amide bonds. The maximum Gasteiger partial charge on any atom is 0.0107 e. The molecule has 3 nitrogen and oxygen atoms in total. The van der Waals surface area contributed by atoms with Crippen LogP contribution in [0.25, 0.3) is 0 Å². The Balaban J connectivity index is 2.20. The number of likely N-dealkylation sites (tertiary alicyclic amines) is 1. The van der Waals surface area contributed by atoms with E-state index in [-0.39, 0.29) is 0 Å². The molecule has 0 radical (unpaired) electrons. The zero-order chi connectivity index (χ0) is 14.1. The van der Waals surface area contributed by atoms with Crippen molar-refractivity contribution in [3.05, 3.63) is 0 Å². The van der Waals surface area contributed by atoms with Gasteiger partial charge in [0.1, 0.15) is 0 Å². The van der Waals surface area contributed by atoms with E-state index in [0.29, 0.717) is 0 Å². The second kappa shape index (κ2) is 9.73. The molecule has 1 heterocycles. The highest BCUT2D eigenvalue weighted by Gasteiger charge is 2.21. The van der Waals surface area contributed by atoms with E-state index < -0.39 is 0 Å². The maximum absolute atomic E-state index is 3.26. The topological polar surface area (TPSA) is 18.5 Å². The monoisotopic (exact) mass is 269 g/mol. The van der Waals surface area contributed by atoms with Gasteiger partial charge in [0.25, 0.3) is 0 Å². The van der Waals surface area contributed by atoms with Gasteiger partial charge in [-0.25, -0.2) is 0 Å². The molecule has 1 aliphatic heterocycles. The van der Waals surface area contributed by atoms with Gasteiger partial charge in [-0.05, 0) is 78.7 Å². The highest BCUT2D eigenvalue weighted by molar-refractivity contribution is 4.75. The Hall–Kier alpha value is -0.120. The minimum absolute atomic E-state index is 0.730. The number of nitrogens with one attached hydrogen (secondary N) is 1. The molecular formula is C16H35N3. The second-order valence-corrected chi connectivity index (χ2v) is 6.31. The summed E-state index contributed by atoms with van der Waals surface area (Å²) in [4.78, 5) is 5.26. The van der Waals surface area contributed by atoms with Crippen molar-refractivity contribution in [1.82, 2.24) is 15.1 Å². The normalized spacial score (nSPS) is 18.6. The molecule has 0 bridgehead atoms. The van der Waals surface area contributed by atoms with E-state index in [4.69, 9.17) is 0 Å². The van der Waals surface area contributed by atoms with Crippen LogP contribution in [0.1, 0.15) is 46.5 Å². The van der Waals surface area contributed by atoms with E-state index in [1.807, 2.05) is 7.05 Å². The molecule has 0 aliphatic carbocycles. The van der Waals surface area contributed by atoms with E-state index in [9.17, 15) is 0 Å². The number of nitrogens with zero attached hydrogens (tertiary/aromatic N) is 2. The summed E-state index contributed by atoms with van der Waals surface area (Å²) >= 11 is 0. The van der Waals surface area contributed by atoms with Gasteiger partial charge in [0, 0.05) is 19.1 Å². The third-order valence-electron chi connectivity index (χ3n) is 4.45. The van der Waals surface area contributed by atoms with Gasteiger partial charge in [-0.15, -0.1) is 0 Å². The number of hydrogen-bond acceptors (Lipinski definition) is 3. The van der Waals surface area contributed by atoms with Crippen molar-refractivity contribution in [2.75, 3.05) is 46.3 Å². The minimum Gasteiger partial charge on any atom is -0.318 e. The molecule has 1 N–H and O–H groups in total. The van der Waals surface area contributed by atoms with E-state index in [1.165, 1.54) is 58.4 Å². The summed E-state index contributed by atoms with van der Waals surface area (Å²) in [6, 6.07) is 0.730. The van der Waals surface area contributed by atoms with Crippen molar-refractivity contribution in [2.24, 2.45) is 5.92 Å². The number of rotatable bonds is 9. The molecule has 0 aromatic carbocycles.